The molecule has 2 rings (SSSR count). The van der Waals surface area contributed by atoms with Crippen LogP contribution in [0.3, 0.4) is 0 Å². The van der Waals surface area contributed by atoms with Gasteiger partial charge >= 0.3 is 0 Å². The first-order chi connectivity index (χ1) is 12.2. The Morgan fingerprint density at radius 2 is 1.12 bits per heavy atom. The lowest BCUT2D eigenvalue weighted by atomic mass is 9.87. The van der Waals surface area contributed by atoms with E-state index >= 15 is 0 Å². The molecule has 0 saturated heterocycles. The van der Waals surface area contributed by atoms with Gasteiger partial charge in [-0.2, -0.15) is 0 Å². The molecule has 0 radical (unpaired) electrons. The highest BCUT2D eigenvalue weighted by atomic mass is 19.1. The summed E-state index contributed by atoms with van der Waals surface area (Å²) in [7, 11) is 0. The highest BCUT2D eigenvalue weighted by Gasteiger charge is 2.30. The second-order valence-electron chi connectivity index (χ2n) is 7.35. The van der Waals surface area contributed by atoms with E-state index in [4.69, 9.17) is 0 Å². The summed E-state index contributed by atoms with van der Waals surface area (Å²) in [4.78, 5) is 21.1. The molecular formula is C21H26F2N2O. The summed E-state index contributed by atoms with van der Waals surface area (Å²) in [5, 5.41) is 0. The van der Waals surface area contributed by atoms with Crippen molar-refractivity contribution in [2.45, 2.75) is 65.2 Å². The molecule has 3 nitrogen and oxygen atoms in total. The first kappa shape index (κ1) is 20.1. The smallest absolute Gasteiger partial charge is 0.150 e. The van der Waals surface area contributed by atoms with E-state index in [1.807, 2.05) is 27.7 Å². The molecule has 0 N–H and O–H groups in total. The fourth-order valence-corrected chi connectivity index (χ4v) is 3.09. The van der Waals surface area contributed by atoms with Gasteiger partial charge in [0, 0.05) is 12.4 Å². The van der Waals surface area contributed by atoms with Crippen LogP contribution >= 0.6 is 0 Å². The van der Waals surface area contributed by atoms with Gasteiger partial charge in [-0.3, -0.25) is 14.8 Å². The first-order valence-electron chi connectivity index (χ1n) is 8.99. The Kier molecular flexibility index (Phi) is 6.21. The molecule has 2 aromatic rings. The van der Waals surface area contributed by atoms with Gasteiger partial charge in [-0.05, 0) is 48.9 Å². The lowest BCUT2D eigenvalue weighted by Crippen LogP contribution is -2.21. The third kappa shape index (κ3) is 3.81. The number of aromatic nitrogens is 2. The normalized spacial score (nSPS) is 13.9. The molecular weight excluding hydrogens is 334 g/mol. The molecule has 0 spiro atoms. The fourth-order valence-electron chi connectivity index (χ4n) is 3.09. The molecule has 2 heterocycles. The average Bonchev–Trinajstić information content (AvgIpc) is 2.59. The maximum atomic E-state index is 14.7. The Morgan fingerprint density at radius 1 is 0.769 bits per heavy atom. The zero-order valence-corrected chi connectivity index (χ0v) is 16.2. The molecule has 0 saturated carbocycles. The van der Waals surface area contributed by atoms with E-state index in [-0.39, 0.29) is 29.0 Å². The van der Waals surface area contributed by atoms with Crippen molar-refractivity contribution in [2.24, 2.45) is 0 Å². The van der Waals surface area contributed by atoms with Crippen molar-refractivity contribution in [1.82, 2.24) is 9.97 Å². The van der Waals surface area contributed by atoms with Gasteiger partial charge in [-0.25, -0.2) is 8.78 Å². The van der Waals surface area contributed by atoms with E-state index in [0.717, 1.165) is 0 Å². The molecule has 0 aromatic carbocycles. The molecule has 2 atom stereocenters. The van der Waals surface area contributed by atoms with E-state index in [9.17, 15) is 13.6 Å². The van der Waals surface area contributed by atoms with Crippen LogP contribution in [0.15, 0.2) is 24.5 Å². The van der Waals surface area contributed by atoms with E-state index in [2.05, 4.69) is 9.97 Å². The van der Waals surface area contributed by atoms with Crippen LogP contribution < -0.4 is 0 Å². The molecule has 0 aliphatic rings. The van der Waals surface area contributed by atoms with Crippen LogP contribution in [0.5, 0.6) is 0 Å². The van der Waals surface area contributed by atoms with Crippen molar-refractivity contribution >= 4 is 5.78 Å². The number of hydrogen-bond donors (Lipinski definition) is 0. The Balaban J connectivity index is 2.38. The molecule has 0 aliphatic carbocycles. The molecule has 0 bridgehead atoms. The van der Waals surface area contributed by atoms with Gasteiger partial charge in [-0.1, -0.05) is 27.7 Å². The maximum Gasteiger partial charge on any atom is 0.150 e. The predicted octanol–water partition coefficient (Wildman–Crippen LogP) is 5.48. The lowest BCUT2D eigenvalue weighted by Gasteiger charge is -2.19. The fraction of sp³-hybridized carbons (Fsp3) is 0.476. The minimum Gasteiger partial charge on any atom is -0.298 e. The predicted molar refractivity (Wildman–Crippen MR) is 98.4 cm³/mol. The third-order valence-electron chi connectivity index (χ3n) is 4.81. The van der Waals surface area contributed by atoms with Gasteiger partial charge in [0.1, 0.15) is 11.6 Å². The second-order valence-corrected chi connectivity index (χ2v) is 7.35. The summed E-state index contributed by atoms with van der Waals surface area (Å²) < 4.78 is 29.5. The summed E-state index contributed by atoms with van der Waals surface area (Å²) in [5.41, 5.74) is 1.25. The molecule has 0 aliphatic heterocycles. The summed E-state index contributed by atoms with van der Waals surface area (Å²) >= 11 is 0. The standard InChI is InChI=1S/C21H26F2N2O/c1-11(2)15-7-9-24-19(17(15)22)13(5)21(26)14(6)20-18(23)16(12(3)4)8-10-25-20/h7-14H,1-6H3. The van der Waals surface area contributed by atoms with Crippen LogP contribution in [-0.2, 0) is 4.79 Å². The average molecular weight is 360 g/mol. The number of nitrogens with zero attached hydrogens (tertiary/aromatic N) is 2. The number of carbonyl (C=O) groups excluding carboxylic acids is 1. The minimum atomic E-state index is -0.785. The summed E-state index contributed by atoms with van der Waals surface area (Å²) in [5.74, 6) is -2.82. The zero-order chi connectivity index (χ0) is 19.6. The Hall–Kier alpha value is -2.17. The van der Waals surface area contributed by atoms with Gasteiger partial charge in [0.05, 0.1) is 23.2 Å². The van der Waals surface area contributed by atoms with Gasteiger partial charge in [0.2, 0.25) is 0 Å². The summed E-state index contributed by atoms with van der Waals surface area (Å²) in [6, 6.07) is 3.24. The Morgan fingerprint density at radius 3 is 1.42 bits per heavy atom. The van der Waals surface area contributed by atoms with E-state index in [1.165, 1.54) is 12.4 Å². The first-order valence-corrected chi connectivity index (χ1v) is 8.99. The van der Waals surface area contributed by atoms with Crippen molar-refractivity contribution < 1.29 is 13.6 Å². The number of hydrogen-bond acceptors (Lipinski definition) is 3. The number of rotatable bonds is 6. The van der Waals surface area contributed by atoms with Crippen LogP contribution in [-0.4, -0.2) is 15.8 Å². The molecule has 140 valence electrons. The van der Waals surface area contributed by atoms with Crippen molar-refractivity contribution in [2.75, 3.05) is 0 Å². The summed E-state index contributed by atoms with van der Waals surface area (Å²) in [6.07, 6.45) is 3.03. The second kappa shape index (κ2) is 8.02. The lowest BCUT2D eigenvalue weighted by molar-refractivity contribution is -0.121. The molecule has 0 amide bonds. The monoisotopic (exact) mass is 360 g/mol. The molecule has 0 fully saturated rings. The number of carbonyl (C=O) groups is 1. The van der Waals surface area contributed by atoms with Gasteiger partial charge in [-0.15, -0.1) is 0 Å². The number of pyridine rings is 2. The Bertz CT molecular complexity index is 737. The quantitative estimate of drug-likeness (QED) is 0.685. The minimum absolute atomic E-state index is 0.0155. The maximum absolute atomic E-state index is 14.7. The van der Waals surface area contributed by atoms with Crippen molar-refractivity contribution in [3.63, 3.8) is 0 Å². The molecule has 2 unspecified atom stereocenters. The van der Waals surface area contributed by atoms with Gasteiger partial charge < -0.3 is 0 Å². The highest BCUT2D eigenvalue weighted by Crippen LogP contribution is 2.31. The van der Waals surface area contributed by atoms with Gasteiger partial charge in [0.15, 0.2) is 5.78 Å². The van der Waals surface area contributed by atoms with Crippen LogP contribution in [0.25, 0.3) is 0 Å². The highest BCUT2D eigenvalue weighted by molar-refractivity contribution is 5.90. The topological polar surface area (TPSA) is 42.9 Å². The molecule has 26 heavy (non-hydrogen) atoms. The van der Waals surface area contributed by atoms with E-state index in [0.29, 0.717) is 11.1 Å². The third-order valence-corrected chi connectivity index (χ3v) is 4.81. The van der Waals surface area contributed by atoms with Gasteiger partial charge in [0.25, 0.3) is 0 Å². The van der Waals surface area contributed by atoms with Crippen LogP contribution in [0, 0.1) is 11.6 Å². The largest absolute Gasteiger partial charge is 0.298 e. The van der Waals surface area contributed by atoms with Crippen molar-refractivity contribution in [3.05, 3.63) is 58.7 Å². The van der Waals surface area contributed by atoms with Crippen LogP contribution in [0.2, 0.25) is 0 Å². The summed E-state index contributed by atoms with van der Waals surface area (Å²) in [6.45, 7) is 10.8. The Labute approximate surface area is 153 Å². The number of halogens is 2. The number of Topliss-reactive ketones (excluding diaryl/α,β-unsaturated/α-hetero) is 1. The van der Waals surface area contributed by atoms with E-state index in [1.54, 1.807) is 26.0 Å². The van der Waals surface area contributed by atoms with Crippen LogP contribution in [0.1, 0.15) is 87.7 Å². The number of ketones is 1. The SMILES string of the molecule is CC(C)c1ccnc(C(C)C(=O)C(C)c2nccc(C(C)C)c2F)c1F. The van der Waals surface area contributed by atoms with Crippen LogP contribution in [0.4, 0.5) is 8.78 Å². The van der Waals surface area contributed by atoms with E-state index < -0.39 is 23.5 Å². The van der Waals surface area contributed by atoms with Crippen molar-refractivity contribution in [1.29, 1.82) is 0 Å². The molecule has 2 aromatic heterocycles. The molecule has 5 heteroatoms. The van der Waals surface area contributed by atoms with Crippen molar-refractivity contribution in [3.8, 4) is 0 Å². The zero-order valence-electron chi connectivity index (χ0n) is 16.2.